The van der Waals surface area contributed by atoms with E-state index in [0.29, 0.717) is 5.82 Å². The highest BCUT2D eigenvalue weighted by atomic mass is 35.5. The maximum Gasteiger partial charge on any atom is 0.343 e. The number of hydrogen-bond donors (Lipinski definition) is 5. The summed E-state index contributed by atoms with van der Waals surface area (Å²) in [5.74, 6) is -0.573. The highest BCUT2D eigenvalue weighted by molar-refractivity contribution is 7.98. The summed E-state index contributed by atoms with van der Waals surface area (Å²) in [6, 6.07) is 0.185. The zero-order chi connectivity index (χ0) is 24.1. The average molecular weight is 527 g/mol. The number of fused-ring (bicyclic) bond motifs is 1. The Labute approximate surface area is 193 Å². The summed E-state index contributed by atoms with van der Waals surface area (Å²) in [6.07, 6.45) is -2.08. The molecule has 0 amide bonds. The summed E-state index contributed by atoms with van der Waals surface area (Å²) >= 11 is 6.07. The van der Waals surface area contributed by atoms with Crippen LogP contribution in [0.15, 0.2) is 0 Å². The lowest BCUT2D eigenvalue weighted by molar-refractivity contribution is -0.0375. The second-order valence-corrected chi connectivity index (χ2v) is 13.2. The van der Waals surface area contributed by atoms with Crippen LogP contribution in [0.5, 0.6) is 0 Å². The van der Waals surface area contributed by atoms with Crippen LogP contribution < -0.4 is 5.32 Å². The van der Waals surface area contributed by atoms with E-state index >= 15 is 0 Å². The number of rotatable bonds is 7. The van der Waals surface area contributed by atoms with Gasteiger partial charge < -0.3 is 30.1 Å². The molecule has 0 aromatic carbocycles. The van der Waals surface area contributed by atoms with Crippen molar-refractivity contribution in [2.75, 3.05) is 11.1 Å². The van der Waals surface area contributed by atoms with E-state index in [9.17, 15) is 33.0 Å². The molecule has 2 fully saturated rings. The van der Waals surface area contributed by atoms with Crippen LogP contribution in [0.25, 0.3) is 11.2 Å². The number of nitrogens with one attached hydrogen (secondary N) is 1. The molecular weight excluding hydrogens is 503 g/mol. The fourth-order valence-corrected chi connectivity index (χ4v) is 7.09. The molecule has 3 heterocycles. The van der Waals surface area contributed by atoms with Crippen molar-refractivity contribution in [1.29, 1.82) is 0 Å². The van der Waals surface area contributed by atoms with Gasteiger partial charge in [0, 0.05) is 6.04 Å². The maximum absolute atomic E-state index is 12.4. The second-order valence-electron chi connectivity index (χ2n) is 8.24. The van der Waals surface area contributed by atoms with E-state index in [1.165, 1.54) is 0 Å². The van der Waals surface area contributed by atoms with Crippen molar-refractivity contribution >= 4 is 46.0 Å². The van der Waals surface area contributed by atoms with Gasteiger partial charge in [-0.3, -0.25) is 4.57 Å². The molecule has 0 bridgehead atoms. The van der Waals surface area contributed by atoms with E-state index in [0.717, 1.165) is 37.3 Å². The van der Waals surface area contributed by atoms with Crippen LogP contribution in [-0.4, -0.2) is 88.5 Å². The summed E-state index contributed by atoms with van der Waals surface area (Å²) in [5, 5.41) is 32.0. The van der Waals surface area contributed by atoms with Gasteiger partial charge >= 0.3 is 7.60 Å². The highest BCUT2D eigenvalue weighted by Gasteiger charge is 2.49. The lowest BCUT2D eigenvalue weighted by Crippen LogP contribution is -2.37. The van der Waals surface area contributed by atoms with Crippen LogP contribution in [-0.2, 0) is 19.1 Å². The Morgan fingerprint density at radius 3 is 2.55 bits per heavy atom. The Morgan fingerprint density at radius 2 is 1.91 bits per heavy atom. The van der Waals surface area contributed by atoms with Crippen molar-refractivity contribution < 1.29 is 37.7 Å². The van der Waals surface area contributed by atoms with Gasteiger partial charge in [0.1, 0.15) is 18.3 Å². The Balaban J connectivity index is 1.61. The molecule has 5 atom stereocenters. The van der Waals surface area contributed by atoms with Gasteiger partial charge in [-0.05, 0) is 31.4 Å². The fraction of sp³-hybridized carbons (Fsp3) is 0.750. The lowest BCUT2D eigenvalue weighted by atomic mass is 10.1. The molecule has 1 aliphatic heterocycles. The van der Waals surface area contributed by atoms with Crippen LogP contribution in [0.2, 0.25) is 5.28 Å². The quantitative estimate of drug-likeness (QED) is 0.234. The topological polar surface area (TPSA) is 210 Å². The van der Waals surface area contributed by atoms with Gasteiger partial charge in [0.2, 0.25) is 5.28 Å². The molecule has 14 nitrogen and oxygen atoms in total. The molecule has 2 aromatic rings. The van der Waals surface area contributed by atoms with Crippen molar-refractivity contribution in [3.05, 3.63) is 5.28 Å². The number of ether oxygens (including phenoxy) is 1. The third-order valence-corrected chi connectivity index (χ3v) is 10.7. The Kier molecular flexibility index (Phi) is 6.70. The van der Waals surface area contributed by atoms with Crippen molar-refractivity contribution in [3.8, 4) is 0 Å². The van der Waals surface area contributed by atoms with E-state index in [1.54, 1.807) is 0 Å². The number of aromatic nitrogens is 5. The fourth-order valence-electron chi connectivity index (χ4n) is 3.99. The number of sulfone groups is 1. The molecule has 5 N–H and O–H groups in total. The molecule has 1 unspecified atom stereocenters. The SMILES string of the molecule is CC(P(=O)(O)O)S(=O)(=O)C[C@H]1O[C@@H](n2nnc3c(NC4CCCC4)nc(Cl)nc32)[C@H](O)[C@@H]1O. The van der Waals surface area contributed by atoms with Gasteiger partial charge in [-0.1, -0.05) is 18.1 Å². The largest absolute Gasteiger partial charge is 0.387 e. The molecule has 0 radical (unpaired) electrons. The molecule has 1 saturated heterocycles. The van der Waals surface area contributed by atoms with Crippen molar-refractivity contribution in [2.45, 2.75) is 68.2 Å². The molecule has 2 aromatic heterocycles. The third-order valence-electron chi connectivity index (χ3n) is 5.96. The van der Waals surface area contributed by atoms with Gasteiger partial charge in [-0.25, -0.2) is 8.42 Å². The first kappa shape index (κ1) is 24.7. The first-order valence-corrected chi connectivity index (χ1v) is 14.0. The first-order valence-electron chi connectivity index (χ1n) is 10.2. The van der Waals surface area contributed by atoms with Crippen LogP contribution in [0.1, 0.15) is 38.8 Å². The summed E-state index contributed by atoms with van der Waals surface area (Å²) in [6.45, 7) is 0.869. The van der Waals surface area contributed by atoms with Gasteiger partial charge in [0.15, 0.2) is 38.0 Å². The van der Waals surface area contributed by atoms with Gasteiger partial charge in [-0.2, -0.15) is 14.6 Å². The van der Waals surface area contributed by atoms with Crippen LogP contribution >= 0.6 is 19.2 Å². The van der Waals surface area contributed by atoms with Gasteiger partial charge in [0.05, 0.1) is 5.75 Å². The van der Waals surface area contributed by atoms with Gasteiger partial charge in [-0.15, -0.1) is 5.10 Å². The standard InChI is InChI=1S/C16H24ClN6O8PS/c1-7(32(26,27)28)33(29,30)6-9-11(24)12(25)15(31-9)23-14-10(21-22-23)13(19-16(17)20-14)18-8-4-2-3-5-8/h7-9,11-12,15,24-25H,2-6H2,1H3,(H,18,19,20)(H2,26,27,28)/t7?,9-,11-,12-,15-/m1/s1. The minimum atomic E-state index is -4.94. The molecule has 1 saturated carbocycles. The number of anilines is 1. The summed E-state index contributed by atoms with van der Waals surface area (Å²) < 4.78 is 42.8. The van der Waals surface area contributed by atoms with Crippen LogP contribution in [0, 0.1) is 0 Å². The zero-order valence-electron chi connectivity index (χ0n) is 17.4. The lowest BCUT2D eigenvalue weighted by Gasteiger charge is -2.19. The number of hydrogen-bond acceptors (Lipinski definition) is 11. The van der Waals surface area contributed by atoms with E-state index in [4.69, 9.17) is 16.3 Å². The van der Waals surface area contributed by atoms with Crippen LogP contribution in [0.4, 0.5) is 5.82 Å². The smallest absolute Gasteiger partial charge is 0.343 e. The summed E-state index contributed by atoms with van der Waals surface area (Å²) in [5.41, 5.74) is 0.349. The maximum atomic E-state index is 12.4. The Morgan fingerprint density at radius 1 is 1.24 bits per heavy atom. The summed E-state index contributed by atoms with van der Waals surface area (Å²) in [7, 11) is -9.32. The number of aliphatic hydroxyl groups excluding tert-OH is 2. The van der Waals surface area contributed by atoms with E-state index in [-0.39, 0.29) is 22.5 Å². The molecule has 1 aliphatic carbocycles. The summed E-state index contributed by atoms with van der Waals surface area (Å²) in [4.78, 5) is 24.7. The highest BCUT2D eigenvalue weighted by Crippen LogP contribution is 2.45. The Hall–Kier alpha value is -1.45. The molecular formula is C16H24ClN6O8PS. The van der Waals surface area contributed by atoms with E-state index < -0.39 is 52.7 Å². The minimum absolute atomic E-state index is 0.0961. The Bertz CT molecular complexity index is 1190. The number of nitrogens with zero attached hydrogens (tertiary/aromatic N) is 5. The van der Waals surface area contributed by atoms with Crippen molar-refractivity contribution in [1.82, 2.24) is 25.0 Å². The monoisotopic (exact) mass is 526 g/mol. The van der Waals surface area contributed by atoms with E-state index in [2.05, 4.69) is 25.6 Å². The predicted molar refractivity (Wildman–Crippen MR) is 115 cm³/mol. The zero-order valence-corrected chi connectivity index (χ0v) is 19.9. The molecule has 2 aliphatic rings. The van der Waals surface area contributed by atoms with Crippen LogP contribution in [0.3, 0.4) is 0 Å². The number of halogens is 1. The molecule has 33 heavy (non-hydrogen) atoms. The molecule has 0 spiro atoms. The van der Waals surface area contributed by atoms with E-state index in [1.807, 2.05) is 0 Å². The average Bonchev–Trinajstić information content (AvgIpc) is 3.43. The molecule has 17 heteroatoms. The van der Waals surface area contributed by atoms with Gasteiger partial charge in [0.25, 0.3) is 0 Å². The molecule has 184 valence electrons. The normalized spacial score (nSPS) is 27.9. The number of aliphatic hydroxyl groups is 2. The molecule has 4 rings (SSSR count). The van der Waals surface area contributed by atoms with Crippen molar-refractivity contribution in [2.24, 2.45) is 0 Å². The second kappa shape index (κ2) is 8.96. The minimum Gasteiger partial charge on any atom is -0.387 e. The third kappa shape index (κ3) is 4.86. The van der Waals surface area contributed by atoms with Crippen molar-refractivity contribution in [3.63, 3.8) is 0 Å². The first-order chi connectivity index (χ1) is 15.4. The predicted octanol–water partition coefficient (Wildman–Crippen LogP) is -0.213.